The first kappa shape index (κ1) is 18.5. The van der Waals surface area contributed by atoms with Crippen LogP contribution in [-0.2, 0) is 11.3 Å². The fourth-order valence-corrected chi connectivity index (χ4v) is 1.86. The zero-order valence-electron chi connectivity index (χ0n) is 14.9. The average Bonchev–Trinajstić information content (AvgIpc) is 2.33. The Hall–Kier alpha value is -1.55. The van der Waals surface area contributed by atoms with Gasteiger partial charge >= 0.3 is 6.09 Å². The summed E-state index contributed by atoms with van der Waals surface area (Å²) < 4.78 is 5.27. The average molecular weight is 306 g/mol. The smallest absolute Gasteiger partial charge is 0.408 e. The van der Waals surface area contributed by atoms with E-state index in [1.54, 1.807) is 0 Å². The molecule has 0 heterocycles. The van der Waals surface area contributed by atoms with Crippen LogP contribution in [-0.4, -0.2) is 17.2 Å². The molecule has 1 rings (SSSR count). The molecule has 0 radical (unpaired) electrons. The number of ether oxygens (including phenoxy) is 1. The topological polar surface area (TPSA) is 50.4 Å². The number of benzene rings is 1. The molecule has 0 bridgehead atoms. The van der Waals surface area contributed by atoms with E-state index in [9.17, 15) is 4.79 Å². The van der Waals surface area contributed by atoms with E-state index in [0.717, 1.165) is 12.1 Å². The number of alkyl carbamates (subject to hydrolysis) is 1. The van der Waals surface area contributed by atoms with Gasteiger partial charge in [0.25, 0.3) is 0 Å². The highest BCUT2D eigenvalue weighted by molar-refractivity contribution is 5.68. The summed E-state index contributed by atoms with van der Waals surface area (Å²) in [6.07, 6.45) is -0.390. The summed E-state index contributed by atoms with van der Waals surface area (Å²) in [5, 5.41) is 6.31. The van der Waals surface area contributed by atoms with Crippen molar-refractivity contribution in [3.05, 3.63) is 35.4 Å². The summed E-state index contributed by atoms with van der Waals surface area (Å²) in [6.45, 7) is 14.8. The van der Waals surface area contributed by atoms with Gasteiger partial charge in [0.2, 0.25) is 0 Å². The Morgan fingerprint density at radius 3 is 2.09 bits per heavy atom. The van der Waals surface area contributed by atoms with E-state index in [-0.39, 0.29) is 11.6 Å². The minimum Gasteiger partial charge on any atom is -0.444 e. The number of carbonyl (C=O) groups excluding carboxylic acids is 1. The van der Waals surface area contributed by atoms with E-state index in [1.165, 1.54) is 5.56 Å². The van der Waals surface area contributed by atoms with Crippen LogP contribution < -0.4 is 10.6 Å². The highest BCUT2D eigenvalue weighted by Crippen LogP contribution is 2.15. The molecule has 0 spiro atoms. The lowest BCUT2D eigenvalue weighted by Crippen LogP contribution is -2.35. The molecule has 0 saturated carbocycles. The molecular weight excluding hydrogens is 276 g/mol. The van der Waals surface area contributed by atoms with Gasteiger partial charge in [0.15, 0.2) is 0 Å². The zero-order chi connectivity index (χ0) is 17.0. The Balaban J connectivity index is 2.57. The van der Waals surface area contributed by atoms with Gasteiger partial charge in [-0.2, -0.15) is 0 Å². The Labute approximate surface area is 134 Å². The third kappa shape index (κ3) is 7.46. The molecule has 22 heavy (non-hydrogen) atoms. The zero-order valence-corrected chi connectivity index (χ0v) is 14.9. The number of carbonyl (C=O) groups is 1. The van der Waals surface area contributed by atoms with Crippen molar-refractivity contribution < 1.29 is 9.53 Å². The summed E-state index contributed by atoms with van der Waals surface area (Å²) in [5.41, 5.74) is 1.91. The number of nitrogens with one attached hydrogen (secondary N) is 2. The lowest BCUT2D eigenvalue weighted by atomic mass is 10.0. The summed E-state index contributed by atoms with van der Waals surface area (Å²) in [7, 11) is 0. The van der Waals surface area contributed by atoms with Crippen LogP contribution in [0.2, 0.25) is 0 Å². The van der Waals surface area contributed by atoms with Crippen molar-refractivity contribution in [3.8, 4) is 0 Å². The molecule has 0 unspecified atom stereocenters. The van der Waals surface area contributed by atoms with E-state index >= 15 is 0 Å². The minimum atomic E-state index is -0.480. The van der Waals surface area contributed by atoms with Crippen LogP contribution in [0.1, 0.15) is 65.6 Å². The van der Waals surface area contributed by atoms with E-state index in [1.807, 2.05) is 39.8 Å². The number of amides is 1. The summed E-state index contributed by atoms with van der Waals surface area (Å²) in [5.74, 6) is 0. The van der Waals surface area contributed by atoms with Crippen molar-refractivity contribution in [2.75, 3.05) is 0 Å². The molecule has 1 amide bonds. The van der Waals surface area contributed by atoms with Crippen molar-refractivity contribution in [1.82, 2.24) is 10.6 Å². The molecule has 2 N–H and O–H groups in total. The SMILES string of the molecule is C[C@@H](NC(=O)OC(C)(C)C)c1ccc(CNC(C)(C)C)cc1. The van der Waals surface area contributed by atoms with Gasteiger partial charge in [-0.1, -0.05) is 24.3 Å². The molecule has 0 aliphatic carbocycles. The van der Waals surface area contributed by atoms with Gasteiger partial charge < -0.3 is 15.4 Å². The highest BCUT2D eigenvalue weighted by Gasteiger charge is 2.18. The molecule has 4 nitrogen and oxygen atoms in total. The highest BCUT2D eigenvalue weighted by atomic mass is 16.6. The molecule has 4 heteroatoms. The van der Waals surface area contributed by atoms with Gasteiger partial charge in [0.05, 0.1) is 6.04 Å². The second-order valence-electron chi connectivity index (χ2n) is 7.71. The van der Waals surface area contributed by atoms with E-state index in [0.29, 0.717) is 0 Å². The van der Waals surface area contributed by atoms with Gasteiger partial charge in [-0.15, -0.1) is 0 Å². The van der Waals surface area contributed by atoms with Gasteiger partial charge in [-0.25, -0.2) is 4.79 Å². The molecule has 1 atom stereocenters. The first-order valence-electron chi connectivity index (χ1n) is 7.80. The molecule has 124 valence electrons. The number of hydrogen-bond donors (Lipinski definition) is 2. The molecule has 1 aromatic carbocycles. The number of rotatable bonds is 4. The van der Waals surface area contributed by atoms with Crippen molar-refractivity contribution in [3.63, 3.8) is 0 Å². The van der Waals surface area contributed by atoms with Gasteiger partial charge in [-0.05, 0) is 59.6 Å². The predicted octanol–water partition coefficient (Wildman–Crippen LogP) is 4.16. The lowest BCUT2D eigenvalue weighted by Gasteiger charge is -2.22. The predicted molar refractivity (Wildman–Crippen MR) is 90.8 cm³/mol. The maximum atomic E-state index is 11.8. The fourth-order valence-electron chi connectivity index (χ4n) is 1.86. The standard InChI is InChI=1S/C18H30N2O2/c1-13(20-16(21)22-18(5,6)7)15-10-8-14(9-11-15)12-19-17(2,3)4/h8-11,13,19H,12H2,1-7H3,(H,20,21)/t13-/m1/s1. The molecule has 1 aromatic rings. The third-order valence-corrected chi connectivity index (χ3v) is 3.04. The third-order valence-electron chi connectivity index (χ3n) is 3.04. The quantitative estimate of drug-likeness (QED) is 0.878. The fraction of sp³-hybridized carbons (Fsp3) is 0.611. The molecule has 0 aromatic heterocycles. The molecule has 0 aliphatic heterocycles. The summed E-state index contributed by atoms with van der Waals surface area (Å²) in [6, 6.07) is 8.17. The minimum absolute atomic E-state index is 0.0838. The van der Waals surface area contributed by atoms with E-state index in [4.69, 9.17) is 4.74 Å². The van der Waals surface area contributed by atoms with Crippen LogP contribution in [0.4, 0.5) is 4.79 Å². The lowest BCUT2D eigenvalue weighted by molar-refractivity contribution is 0.0508. The molecular formula is C18H30N2O2. The van der Waals surface area contributed by atoms with Crippen LogP contribution in [0.5, 0.6) is 0 Å². The van der Waals surface area contributed by atoms with Crippen LogP contribution >= 0.6 is 0 Å². The largest absolute Gasteiger partial charge is 0.444 e. The Morgan fingerprint density at radius 2 is 1.64 bits per heavy atom. The second kappa shape index (κ2) is 7.14. The summed E-state index contributed by atoms with van der Waals surface area (Å²) >= 11 is 0. The van der Waals surface area contributed by atoms with Gasteiger partial charge in [-0.3, -0.25) is 0 Å². The monoisotopic (exact) mass is 306 g/mol. The van der Waals surface area contributed by atoms with Crippen LogP contribution in [0.15, 0.2) is 24.3 Å². The van der Waals surface area contributed by atoms with Crippen LogP contribution in [0, 0.1) is 0 Å². The normalized spacial score (nSPS) is 13.6. The van der Waals surface area contributed by atoms with Gasteiger partial charge in [0.1, 0.15) is 5.60 Å². The molecule has 0 fully saturated rings. The number of hydrogen-bond acceptors (Lipinski definition) is 3. The molecule has 0 aliphatic rings. The maximum absolute atomic E-state index is 11.8. The van der Waals surface area contributed by atoms with E-state index < -0.39 is 11.7 Å². The van der Waals surface area contributed by atoms with Crippen molar-refractivity contribution in [2.24, 2.45) is 0 Å². The second-order valence-corrected chi connectivity index (χ2v) is 7.71. The van der Waals surface area contributed by atoms with Crippen molar-refractivity contribution in [1.29, 1.82) is 0 Å². The molecule has 0 saturated heterocycles. The maximum Gasteiger partial charge on any atom is 0.408 e. The first-order valence-corrected chi connectivity index (χ1v) is 7.80. The first-order chi connectivity index (χ1) is 9.96. The van der Waals surface area contributed by atoms with Crippen molar-refractivity contribution in [2.45, 2.75) is 72.2 Å². The Kier molecular flexibility index (Phi) is 6.00. The van der Waals surface area contributed by atoms with Crippen LogP contribution in [0.25, 0.3) is 0 Å². The van der Waals surface area contributed by atoms with Crippen LogP contribution in [0.3, 0.4) is 0 Å². The summed E-state index contributed by atoms with van der Waals surface area (Å²) in [4.78, 5) is 11.8. The van der Waals surface area contributed by atoms with E-state index in [2.05, 4.69) is 43.5 Å². The van der Waals surface area contributed by atoms with Crippen molar-refractivity contribution >= 4 is 6.09 Å². The van der Waals surface area contributed by atoms with Gasteiger partial charge in [0, 0.05) is 12.1 Å². The Morgan fingerprint density at radius 1 is 1.09 bits per heavy atom. The Bertz CT molecular complexity index is 481.